The van der Waals surface area contributed by atoms with Crippen LogP contribution in [0.25, 0.3) is 11.3 Å². The second kappa shape index (κ2) is 11.0. The molecular formula is C28H34N6O5. The molecule has 0 amide bonds. The lowest BCUT2D eigenvalue weighted by Gasteiger charge is -2.39. The van der Waals surface area contributed by atoms with E-state index < -0.39 is 5.97 Å². The van der Waals surface area contributed by atoms with E-state index in [-0.39, 0.29) is 16.1 Å². The summed E-state index contributed by atoms with van der Waals surface area (Å²) in [4.78, 5) is 30.4. The van der Waals surface area contributed by atoms with E-state index in [9.17, 15) is 14.9 Å². The summed E-state index contributed by atoms with van der Waals surface area (Å²) in [6.07, 6.45) is 5.84. The summed E-state index contributed by atoms with van der Waals surface area (Å²) in [6, 6.07) is 10.3. The number of benzene rings is 1. The van der Waals surface area contributed by atoms with Crippen molar-refractivity contribution in [3.63, 3.8) is 0 Å². The number of pyridine rings is 1. The van der Waals surface area contributed by atoms with E-state index >= 15 is 0 Å². The quantitative estimate of drug-likeness (QED) is 0.244. The van der Waals surface area contributed by atoms with E-state index in [1.54, 1.807) is 41.2 Å². The molecule has 0 unspecified atom stereocenters. The van der Waals surface area contributed by atoms with Gasteiger partial charge in [-0.2, -0.15) is 5.10 Å². The lowest BCUT2D eigenvalue weighted by atomic mass is 9.78. The van der Waals surface area contributed by atoms with Crippen LogP contribution in [0.5, 0.6) is 5.88 Å². The van der Waals surface area contributed by atoms with Crippen LogP contribution >= 0.6 is 0 Å². The van der Waals surface area contributed by atoms with Crippen LogP contribution in [-0.2, 0) is 11.8 Å². The maximum atomic E-state index is 12.1. The fraction of sp³-hybridized carbons (Fsp3) is 0.464. The number of nitro benzene ring substituents is 1. The minimum absolute atomic E-state index is 0.108. The highest BCUT2D eigenvalue weighted by atomic mass is 16.6. The minimum Gasteiger partial charge on any atom is -0.476 e. The van der Waals surface area contributed by atoms with Gasteiger partial charge in [-0.15, -0.1) is 0 Å². The molecule has 3 aliphatic rings. The molecular weight excluding hydrogens is 500 g/mol. The number of hydrogen-bond acceptors (Lipinski definition) is 9. The lowest BCUT2D eigenvalue weighted by molar-refractivity contribution is -0.384. The molecule has 1 N–H and O–H groups in total. The Labute approximate surface area is 227 Å². The molecule has 11 heteroatoms. The van der Waals surface area contributed by atoms with Gasteiger partial charge in [0.05, 0.1) is 40.6 Å². The van der Waals surface area contributed by atoms with Gasteiger partial charge in [0.1, 0.15) is 12.3 Å². The summed E-state index contributed by atoms with van der Waals surface area (Å²) in [7, 11) is 3.17. The monoisotopic (exact) mass is 534 g/mol. The molecule has 2 aliphatic heterocycles. The number of esters is 1. The van der Waals surface area contributed by atoms with Crippen molar-refractivity contribution in [3.05, 3.63) is 64.0 Å². The normalized spacial score (nSPS) is 20.8. The summed E-state index contributed by atoms with van der Waals surface area (Å²) in [5.41, 5.74) is 2.89. The fourth-order valence-corrected chi connectivity index (χ4v) is 5.87. The number of carbonyl (C=O) groups is 1. The molecule has 3 aromatic rings. The van der Waals surface area contributed by atoms with Crippen molar-refractivity contribution in [1.29, 1.82) is 0 Å². The fourth-order valence-electron chi connectivity index (χ4n) is 5.87. The number of ether oxygens (including phenoxy) is 2. The SMILES string of the molecule is COC(=O)c1cc(C)nc(-c2cnn(C)c2OCCN2CC3CCC(Nc4ccccc4[N+](=O)[O-])(CC3)C2)c1. The van der Waals surface area contributed by atoms with Crippen LogP contribution in [0.3, 0.4) is 0 Å². The highest BCUT2D eigenvalue weighted by Crippen LogP contribution is 2.40. The first-order valence-corrected chi connectivity index (χ1v) is 13.2. The number of methoxy groups -OCH3 is 1. The number of hydrogen-bond donors (Lipinski definition) is 1. The van der Waals surface area contributed by atoms with Crippen molar-refractivity contribution in [2.24, 2.45) is 13.0 Å². The Morgan fingerprint density at radius 3 is 2.77 bits per heavy atom. The van der Waals surface area contributed by atoms with Gasteiger partial charge >= 0.3 is 5.97 Å². The van der Waals surface area contributed by atoms with Crippen LogP contribution in [0.1, 0.15) is 41.7 Å². The first kappa shape index (κ1) is 26.6. The van der Waals surface area contributed by atoms with Crippen molar-refractivity contribution in [2.75, 3.05) is 38.7 Å². The average molecular weight is 535 g/mol. The minimum atomic E-state index is -0.424. The topological polar surface area (TPSA) is 125 Å². The number of anilines is 1. The smallest absolute Gasteiger partial charge is 0.337 e. The molecule has 206 valence electrons. The highest BCUT2D eigenvalue weighted by Gasteiger charge is 2.41. The number of fused-ring (bicyclic) bond motifs is 4. The van der Waals surface area contributed by atoms with Gasteiger partial charge in [-0.05, 0) is 56.7 Å². The number of rotatable bonds is 9. The first-order valence-electron chi connectivity index (χ1n) is 13.2. The molecule has 0 radical (unpaired) electrons. The van der Waals surface area contributed by atoms with E-state index in [1.165, 1.54) is 7.11 Å². The summed E-state index contributed by atoms with van der Waals surface area (Å²) < 4.78 is 12.8. The van der Waals surface area contributed by atoms with Crippen LogP contribution in [0.15, 0.2) is 42.6 Å². The van der Waals surface area contributed by atoms with Crippen LogP contribution in [0, 0.1) is 23.0 Å². The lowest BCUT2D eigenvalue weighted by Crippen LogP contribution is -2.48. The molecule has 3 fully saturated rings. The van der Waals surface area contributed by atoms with Gasteiger partial charge in [0.2, 0.25) is 5.88 Å². The summed E-state index contributed by atoms with van der Waals surface area (Å²) in [5.74, 6) is 0.760. The molecule has 39 heavy (non-hydrogen) atoms. The predicted molar refractivity (Wildman–Crippen MR) is 146 cm³/mol. The zero-order valence-corrected chi connectivity index (χ0v) is 22.6. The van der Waals surface area contributed by atoms with E-state index in [0.717, 1.165) is 38.8 Å². The molecule has 11 nitrogen and oxygen atoms in total. The van der Waals surface area contributed by atoms with Crippen molar-refractivity contribution in [1.82, 2.24) is 19.7 Å². The Morgan fingerprint density at radius 2 is 2.03 bits per heavy atom. The Balaban J connectivity index is 1.29. The zero-order valence-electron chi connectivity index (χ0n) is 22.6. The van der Waals surface area contributed by atoms with Crippen molar-refractivity contribution >= 4 is 17.3 Å². The highest BCUT2D eigenvalue weighted by molar-refractivity contribution is 5.90. The van der Waals surface area contributed by atoms with E-state index in [0.29, 0.717) is 53.2 Å². The maximum absolute atomic E-state index is 12.1. The van der Waals surface area contributed by atoms with E-state index in [1.807, 2.05) is 20.0 Å². The van der Waals surface area contributed by atoms with Crippen molar-refractivity contribution < 1.29 is 19.2 Å². The summed E-state index contributed by atoms with van der Waals surface area (Å²) >= 11 is 0. The molecule has 4 heterocycles. The van der Waals surface area contributed by atoms with E-state index in [4.69, 9.17) is 9.47 Å². The predicted octanol–water partition coefficient (Wildman–Crippen LogP) is 4.22. The Morgan fingerprint density at radius 1 is 1.26 bits per heavy atom. The van der Waals surface area contributed by atoms with Crippen LogP contribution in [0.2, 0.25) is 0 Å². The zero-order chi connectivity index (χ0) is 27.6. The number of aromatic nitrogens is 3. The third-order valence-electron chi connectivity index (χ3n) is 7.79. The van der Waals surface area contributed by atoms with Crippen molar-refractivity contribution in [3.8, 4) is 17.1 Å². The molecule has 2 aromatic heterocycles. The largest absolute Gasteiger partial charge is 0.476 e. The van der Waals surface area contributed by atoms with Gasteiger partial charge in [-0.1, -0.05) is 12.1 Å². The van der Waals surface area contributed by atoms with Gasteiger partial charge in [0.25, 0.3) is 5.69 Å². The maximum Gasteiger partial charge on any atom is 0.337 e. The Hall–Kier alpha value is -3.99. The number of carbonyl (C=O) groups excluding carboxylic acids is 1. The van der Waals surface area contributed by atoms with Crippen LogP contribution in [-0.4, -0.2) is 69.4 Å². The third kappa shape index (κ3) is 5.73. The Kier molecular flexibility index (Phi) is 7.51. The number of para-hydroxylation sites is 2. The van der Waals surface area contributed by atoms with Gasteiger partial charge in [0, 0.05) is 38.4 Å². The number of nitro groups is 1. The number of aryl methyl sites for hydroxylation is 2. The van der Waals surface area contributed by atoms with Gasteiger partial charge in [0.15, 0.2) is 0 Å². The number of nitrogens with zero attached hydrogens (tertiary/aromatic N) is 5. The van der Waals surface area contributed by atoms with Gasteiger partial charge in [-0.25, -0.2) is 9.48 Å². The molecule has 6 rings (SSSR count). The van der Waals surface area contributed by atoms with Crippen LogP contribution < -0.4 is 10.1 Å². The Bertz CT molecular complexity index is 1360. The summed E-state index contributed by atoms with van der Waals surface area (Å²) in [6.45, 7) is 4.74. The molecule has 1 aromatic carbocycles. The summed E-state index contributed by atoms with van der Waals surface area (Å²) in [5, 5.41) is 19.6. The van der Waals surface area contributed by atoms with Crippen LogP contribution in [0.4, 0.5) is 11.4 Å². The third-order valence-corrected chi connectivity index (χ3v) is 7.79. The van der Waals surface area contributed by atoms with E-state index in [2.05, 4.69) is 20.3 Å². The van der Waals surface area contributed by atoms with Gasteiger partial charge < -0.3 is 14.8 Å². The number of nitrogens with one attached hydrogen (secondary N) is 1. The molecule has 1 saturated carbocycles. The molecule has 0 spiro atoms. The second-order valence-corrected chi connectivity index (χ2v) is 10.6. The molecule has 2 bridgehead atoms. The molecule has 2 saturated heterocycles. The molecule has 1 aliphatic carbocycles. The van der Waals surface area contributed by atoms with Crippen molar-refractivity contribution in [2.45, 2.75) is 38.1 Å². The first-order chi connectivity index (χ1) is 18.8. The standard InChI is InChI=1S/C28H34N6O5/c1-19-14-21(27(35)38-3)15-24(30-19)22-16-29-32(2)26(22)39-13-12-33-17-20-8-10-28(18-33,11-9-20)31-23-6-4-5-7-25(23)34(36)37/h4-7,14-16,20,31H,8-13,17-18H2,1-3H3. The van der Waals surface area contributed by atoms with Gasteiger partial charge in [-0.3, -0.25) is 20.0 Å². The average Bonchev–Trinajstić information content (AvgIpc) is 3.09. The second-order valence-electron chi connectivity index (χ2n) is 10.6. The molecule has 0 atom stereocenters.